The summed E-state index contributed by atoms with van der Waals surface area (Å²) in [6.45, 7) is 1.20. The highest BCUT2D eigenvalue weighted by atomic mass is 32.2. The third kappa shape index (κ3) is 6.26. The van der Waals surface area contributed by atoms with Crippen molar-refractivity contribution < 1.29 is 36.0 Å². The molecule has 0 aliphatic heterocycles. The van der Waals surface area contributed by atoms with Crippen molar-refractivity contribution in [3.63, 3.8) is 0 Å². The number of likely N-dealkylation sites (N-methyl/N-ethyl adjacent to an activating group) is 1. The number of sulfonamides is 1. The van der Waals surface area contributed by atoms with E-state index in [0.29, 0.717) is 0 Å². The van der Waals surface area contributed by atoms with Crippen LogP contribution in [0.3, 0.4) is 0 Å². The summed E-state index contributed by atoms with van der Waals surface area (Å²) in [6, 6.07) is 9.38. The van der Waals surface area contributed by atoms with Crippen molar-refractivity contribution in [1.29, 1.82) is 0 Å². The van der Waals surface area contributed by atoms with Crippen molar-refractivity contribution in [3.8, 4) is 0 Å². The summed E-state index contributed by atoms with van der Waals surface area (Å²) < 4.78 is 62.9. The molecule has 0 saturated carbocycles. The van der Waals surface area contributed by atoms with Crippen LogP contribution in [0.5, 0.6) is 0 Å². The Hall–Kier alpha value is -2.96. The quantitative estimate of drug-likeness (QED) is 0.591. The van der Waals surface area contributed by atoms with Gasteiger partial charge in [-0.25, -0.2) is 8.42 Å². The van der Waals surface area contributed by atoms with Gasteiger partial charge in [-0.1, -0.05) is 17.0 Å². The molecule has 0 unspecified atom stereocenters. The van der Waals surface area contributed by atoms with Crippen molar-refractivity contribution in [2.45, 2.75) is 18.0 Å². The Kier molecular flexibility index (Phi) is 7.76. The molecule has 8 nitrogen and oxygen atoms in total. The van der Waals surface area contributed by atoms with E-state index in [-0.39, 0.29) is 17.0 Å². The van der Waals surface area contributed by atoms with Crippen LogP contribution in [0.1, 0.15) is 22.8 Å². The molecule has 2 N–H and O–H groups in total. The van der Waals surface area contributed by atoms with Gasteiger partial charge in [0.2, 0.25) is 5.91 Å². The van der Waals surface area contributed by atoms with Gasteiger partial charge in [-0.3, -0.25) is 14.4 Å². The lowest BCUT2D eigenvalue weighted by Gasteiger charge is -2.21. The summed E-state index contributed by atoms with van der Waals surface area (Å²) in [4.78, 5) is 32.1. The molecule has 31 heavy (non-hydrogen) atoms. The minimum absolute atomic E-state index is 0.0957. The van der Waals surface area contributed by atoms with E-state index in [1.54, 1.807) is 6.92 Å². The Bertz CT molecular complexity index is 1040. The molecule has 168 valence electrons. The Labute approximate surface area is 177 Å². The van der Waals surface area contributed by atoms with Crippen LogP contribution >= 0.6 is 0 Å². The highest BCUT2D eigenvalue weighted by Gasteiger charge is 2.33. The number of carbonyl (C=O) groups is 2. The van der Waals surface area contributed by atoms with Crippen LogP contribution in [0, 0.1) is 0 Å². The molecule has 0 radical (unpaired) electrons. The Morgan fingerprint density at radius 3 is 2.23 bits per heavy atom. The summed E-state index contributed by atoms with van der Waals surface area (Å²) in [5.74, 6) is -1.40. The molecule has 0 atom stereocenters. The molecular formula is C19H20F3N3O5S. The van der Waals surface area contributed by atoms with Gasteiger partial charge in [-0.15, -0.1) is 0 Å². The zero-order valence-electron chi connectivity index (χ0n) is 16.6. The summed E-state index contributed by atoms with van der Waals surface area (Å²) in [5.41, 5.74) is -1.32. The first-order chi connectivity index (χ1) is 14.5. The van der Waals surface area contributed by atoms with Crippen LogP contribution in [0.25, 0.3) is 0 Å². The second kappa shape index (κ2) is 9.90. The maximum atomic E-state index is 13.1. The zero-order valence-corrected chi connectivity index (χ0v) is 17.4. The van der Waals surface area contributed by atoms with Gasteiger partial charge < -0.3 is 10.2 Å². The normalized spacial score (nSPS) is 11.8. The Morgan fingerprint density at radius 1 is 1.06 bits per heavy atom. The average molecular weight is 459 g/mol. The first kappa shape index (κ1) is 24.3. The van der Waals surface area contributed by atoms with E-state index in [9.17, 15) is 31.2 Å². The Morgan fingerprint density at radius 2 is 1.68 bits per heavy atom. The number of halogens is 3. The number of hydrogen-bond acceptors (Lipinski definition) is 5. The summed E-state index contributed by atoms with van der Waals surface area (Å²) in [6.07, 6.45) is -4.65. The molecule has 2 aromatic rings. The molecular weight excluding hydrogens is 439 g/mol. The van der Waals surface area contributed by atoms with E-state index in [2.05, 4.69) is 10.2 Å². The number of para-hydroxylation sites is 1. The number of alkyl halides is 3. The zero-order chi connectivity index (χ0) is 23.2. The minimum atomic E-state index is -4.65. The molecule has 2 aromatic carbocycles. The van der Waals surface area contributed by atoms with Crippen molar-refractivity contribution >= 4 is 27.5 Å². The topological polar surface area (TPSA) is 105 Å². The van der Waals surface area contributed by atoms with Crippen LogP contribution in [0.15, 0.2) is 53.4 Å². The van der Waals surface area contributed by atoms with Crippen LogP contribution < -0.4 is 10.2 Å². The number of hydrogen-bond donors (Lipinski definition) is 2. The van der Waals surface area contributed by atoms with Crippen LogP contribution in [-0.2, 0) is 25.8 Å². The van der Waals surface area contributed by atoms with Crippen molar-refractivity contribution in [3.05, 3.63) is 59.7 Å². The van der Waals surface area contributed by atoms with E-state index < -0.39 is 45.8 Å². The molecule has 0 heterocycles. The molecule has 0 saturated heterocycles. The molecule has 12 heteroatoms. The highest BCUT2D eigenvalue weighted by molar-refractivity contribution is 7.89. The number of rotatable bonds is 8. The number of amides is 2. The minimum Gasteiger partial charge on any atom is -0.330 e. The largest absolute Gasteiger partial charge is 0.418 e. The van der Waals surface area contributed by atoms with E-state index in [0.717, 1.165) is 24.1 Å². The number of nitrogens with one attached hydrogen (secondary N) is 2. The van der Waals surface area contributed by atoms with Crippen molar-refractivity contribution in [1.82, 2.24) is 9.79 Å². The fourth-order valence-corrected chi connectivity index (χ4v) is 3.46. The van der Waals surface area contributed by atoms with E-state index >= 15 is 0 Å². The predicted octanol–water partition coefficient (Wildman–Crippen LogP) is 2.65. The first-order valence-electron chi connectivity index (χ1n) is 8.89. The van der Waals surface area contributed by atoms with Crippen LogP contribution in [-0.4, -0.2) is 45.3 Å². The molecule has 0 fully saturated rings. The molecule has 0 bridgehead atoms. The molecule has 0 aliphatic rings. The van der Waals surface area contributed by atoms with Gasteiger partial charge in [0.1, 0.15) is 6.54 Å². The maximum Gasteiger partial charge on any atom is 0.418 e. The smallest absolute Gasteiger partial charge is 0.330 e. The van der Waals surface area contributed by atoms with E-state index in [1.807, 2.05) is 4.89 Å². The average Bonchev–Trinajstić information content (AvgIpc) is 2.71. The predicted molar refractivity (Wildman–Crippen MR) is 105 cm³/mol. The van der Waals surface area contributed by atoms with Gasteiger partial charge in [-0.05, 0) is 43.3 Å². The lowest BCUT2D eigenvalue weighted by Crippen LogP contribution is -2.38. The highest BCUT2D eigenvalue weighted by Crippen LogP contribution is 2.34. The molecule has 0 aromatic heterocycles. The first-order valence-corrected chi connectivity index (χ1v) is 10.4. The van der Waals surface area contributed by atoms with E-state index in [1.165, 1.54) is 36.4 Å². The lowest BCUT2D eigenvalue weighted by molar-refractivity contribution is -0.137. The maximum absolute atomic E-state index is 13.1. The third-order valence-corrected chi connectivity index (χ3v) is 5.39. The van der Waals surface area contributed by atoms with Gasteiger partial charge in [-0.2, -0.15) is 13.2 Å². The van der Waals surface area contributed by atoms with Gasteiger partial charge >= 0.3 is 6.18 Å². The summed E-state index contributed by atoms with van der Waals surface area (Å²) in [5, 5.41) is 2.18. The molecule has 2 amide bonds. The van der Waals surface area contributed by atoms with Crippen LogP contribution in [0.2, 0.25) is 0 Å². The molecule has 0 spiro atoms. The fourth-order valence-electron chi connectivity index (χ4n) is 2.65. The number of nitrogens with zero attached hydrogens (tertiary/aromatic N) is 1. The van der Waals surface area contributed by atoms with Crippen LogP contribution in [0.4, 0.5) is 18.9 Å². The van der Waals surface area contributed by atoms with Crippen molar-refractivity contribution in [2.75, 3.05) is 25.5 Å². The number of anilines is 1. The second-order valence-electron chi connectivity index (χ2n) is 6.23. The van der Waals surface area contributed by atoms with Crippen molar-refractivity contribution in [2.24, 2.45) is 0 Å². The standard InChI is InChI=1S/C19H20F3N3O5S/c1-3-25(12-17(26)23-16-7-5-4-6-15(16)19(20,21)22)18(27)13-8-10-14(11-9-13)31(28,29)24-30-2/h4-11,24H,3,12H2,1-2H3,(H,23,26). The summed E-state index contributed by atoms with van der Waals surface area (Å²) in [7, 11) is -2.77. The Balaban J connectivity index is 2.13. The van der Waals surface area contributed by atoms with Gasteiger partial charge in [0.25, 0.3) is 15.9 Å². The second-order valence-corrected chi connectivity index (χ2v) is 7.87. The molecule has 2 rings (SSSR count). The summed E-state index contributed by atoms with van der Waals surface area (Å²) >= 11 is 0. The monoisotopic (exact) mass is 459 g/mol. The van der Waals surface area contributed by atoms with Gasteiger partial charge in [0.05, 0.1) is 23.3 Å². The third-order valence-electron chi connectivity index (χ3n) is 4.11. The SMILES string of the molecule is CCN(CC(=O)Nc1ccccc1C(F)(F)F)C(=O)c1ccc(S(=O)(=O)NOC)cc1. The lowest BCUT2D eigenvalue weighted by atomic mass is 10.1. The molecule has 0 aliphatic carbocycles. The van der Waals surface area contributed by atoms with Gasteiger partial charge in [0.15, 0.2) is 0 Å². The van der Waals surface area contributed by atoms with Gasteiger partial charge in [0, 0.05) is 12.1 Å². The van der Waals surface area contributed by atoms with E-state index in [4.69, 9.17) is 0 Å². The number of carbonyl (C=O) groups excluding carboxylic acids is 2. The number of benzene rings is 2. The fraction of sp³-hybridized carbons (Fsp3) is 0.263.